The Balaban J connectivity index is 1.42. The molecule has 0 N–H and O–H groups in total. The molecule has 0 heterocycles. The van der Waals surface area contributed by atoms with Crippen LogP contribution in [0.3, 0.4) is 0 Å². The van der Waals surface area contributed by atoms with Gasteiger partial charge in [-0.1, -0.05) is 13.8 Å². The fraction of sp³-hybridized carbons (Fsp3) is 1.00. The molecule has 9 aliphatic rings. The van der Waals surface area contributed by atoms with Crippen LogP contribution in [-0.2, 0) is 0 Å². The van der Waals surface area contributed by atoms with E-state index < -0.39 is 0 Å². The zero-order chi connectivity index (χ0) is 15.9. The first-order valence-corrected chi connectivity index (χ1v) is 11.5. The van der Waals surface area contributed by atoms with E-state index in [0.717, 1.165) is 39.9 Å². The van der Waals surface area contributed by atoms with Crippen molar-refractivity contribution in [1.29, 1.82) is 0 Å². The van der Waals surface area contributed by atoms with Crippen molar-refractivity contribution in [3.05, 3.63) is 0 Å². The molecule has 6 atom stereocenters. The number of rotatable bonds is 2. The monoisotopic (exact) mass is 324 g/mol. The zero-order valence-corrected chi connectivity index (χ0v) is 15.9. The van der Waals surface area contributed by atoms with Gasteiger partial charge in [0, 0.05) is 0 Å². The lowest BCUT2D eigenvalue weighted by atomic mass is 9.20. The highest BCUT2D eigenvalue weighted by Crippen LogP contribution is 2.87. The van der Waals surface area contributed by atoms with Crippen LogP contribution in [0.4, 0.5) is 0 Å². The first-order valence-electron chi connectivity index (χ1n) is 11.5. The van der Waals surface area contributed by atoms with Gasteiger partial charge in [-0.15, -0.1) is 0 Å². The van der Waals surface area contributed by atoms with Crippen molar-refractivity contribution in [2.45, 2.75) is 84.5 Å². The second kappa shape index (κ2) is 3.96. The Morgan fingerprint density at radius 1 is 0.750 bits per heavy atom. The molecule has 9 saturated carbocycles. The third kappa shape index (κ3) is 1.38. The molecule has 0 aliphatic heterocycles. The van der Waals surface area contributed by atoms with Gasteiger partial charge in [-0.25, -0.2) is 0 Å². The first kappa shape index (κ1) is 14.1. The second-order valence-electron chi connectivity index (χ2n) is 12.8. The average Bonchev–Trinajstić information content (AvgIpc) is 2.41. The summed E-state index contributed by atoms with van der Waals surface area (Å²) >= 11 is 0. The van der Waals surface area contributed by atoms with E-state index in [1.807, 2.05) is 0 Å². The molecule has 24 heavy (non-hydrogen) atoms. The molecular formula is C24H36. The molecule has 9 rings (SSSR count). The Morgan fingerprint density at radius 3 is 1.88 bits per heavy atom. The van der Waals surface area contributed by atoms with Crippen LogP contribution < -0.4 is 0 Å². The first-order chi connectivity index (χ1) is 11.5. The summed E-state index contributed by atoms with van der Waals surface area (Å²) in [4.78, 5) is 0. The normalized spacial score (nSPS) is 67.4. The van der Waals surface area contributed by atoms with Crippen LogP contribution in [-0.4, -0.2) is 0 Å². The summed E-state index contributed by atoms with van der Waals surface area (Å²) in [6.07, 6.45) is 18.3. The van der Waals surface area contributed by atoms with E-state index in [2.05, 4.69) is 13.8 Å². The van der Waals surface area contributed by atoms with E-state index in [-0.39, 0.29) is 0 Å². The van der Waals surface area contributed by atoms with Crippen molar-refractivity contribution in [3.8, 4) is 0 Å². The standard InChI is InChI=1S/C24H36/c1-14(2)3-15-6-22-8-16-4-18(12-22)20-19-5-17-9-23(7-15,13-19)21(22)24(20,10-16)11-17/h14-21H,3-13H2,1-2H3. The molecule has 0 aromatic carbocycles. The molecule has 132 valence electrons. The highest BCUT2D eigenvalue weighted by Gasteiger charge is 2.79. The van der Waals surface area contributed by atoms with E-state index in [1.165, 1.54) is 30.1 Å². The summed E-state index contributed by atoms with van der Waals surface area (Å²) in [5.41, 5.74) is 2.57. The predicted octanol–water partition coefficient (Wildman–Crippen LogP) is 6.30. The molecule has 0 saturated heterocycles. The summed E-state index contributed by atoms with van der Waals surface area (Å²) in [5.74, 6) is 9.07. The van der Waals surface area contributed by atoms with Crippen LogP contribution in [0.1, 0.15) is 84.5 Å². The van der Waals surface area contributed by atoms with Crippen molar-refractivity contribution in [1.82, 2.24) is 0 Å². The summed E-state index contributed by atoms with van der Waals surface area (Å²) in [6.45, 7) is 4.97. The number of hydrogen-bond acceptors (Lipinski definition) is 0. The van der Waals surface area contributed by atoms with Gasteiger partial charge in [0.25, 0.3) is 0 Å². The Kier molecular flexibility index (Phi) is 2.33. The highest BCUT2D eigenvalue weighted by molar-refractivity contribution is 5.28. The Labute approximate surface area is 148 Å². The lowest BCUT2D eigenvalue weighted by molar-refractivity contribution is -0.355. The SMILES string of the molecule is CC(C)CC1CC23CC4CC(C2)C2C5CC6CC(C1)(C5)C3C2(C4)C6. The fourth-order valence-corrected chi connectivity index (χ4v) is 12.6. The topological polar surface area (TPSA) is 0 Å². The number of hydrogen-bond donors (Lipinski definition) is 0. The molecule has 6 unspecified atom stereocenters. The zero-order valence-electron chi connectivity index (χ0n) is 15.9. The Bertz CT molecular complexity index is 561. The quantitative estimate of drug-likeness (QED) is 0.559. The van der Waals surface area contributed by atoms with Crippen LogP contribution in [0.2, 0.25) is 0 Å². The molecule has 0 heteroatoms. The minimum absolute atomic E-state index is 0.841. The van der Waals surface area contributed by atoms with Gasteiger partial charge < -0.3 is 0 Å². The van der Waals surface area contributed by atoms with E-state index >= 15 is 0 Å². The second-order valence-corrected chi connectivity index (χ2v) is 12.8. The van der Waals surface area contributed by atoms with Gasteiger partial charge in [-0.2, -0.15) is 0 Å². The fourth-order valence-electron chi connectivity index (χ4n) is 12.6. The van der Waals surface area contributed by atoms with Crippen LogP contribution in [0.5, 0.6) is 0 Å². The maximum atomic E-state index is 2.49. The molecule has 0 nitrogen and oxygen atoms in total. The molecule has 0 aromatic heterocycles. The van der Waals surface area contributed by atoms with Gasteiger partial charge in [0.05, 0.1) is 0 Å². The van der Waals surface area contributed by atoms with Gasteiger partial charge in [0.15, 0.2) is 0 Å². The summed E-state index contributed by atoms with van der Waals surface area (Å²) in [5, 5.41) is 0. The third-order valence-electron chi connectivity index (χ3n) is 11.0. The van der Waals surface area contributed by atoms with Crippen LogP contribution in [0.15, 0.2) is 0 Å². The lowest BCUT2D eigenvalue weighted by Crippen LogP contribution is -2.77. The maximum absolute atomic E-state index is 2.49. The van der Waals surface area contributed by atoms with Crippen molar-refractivity contribution in [2.24, 2.45) is 63.6 Å². The van der Waals surface area contributed by atoms with Crippen molar-refractivity contribution >= 4 is 0 Å². The average molecular weight is 325 g/mol. The largest absolute Gasteiger partial charge is 0.0628 e. The van der Waals surface area contributed by atoms with Crippen LogP contribution in [0, 0.1) is 63.6 Å². The van der Waals surface area contributed by atoms with Gasteiger partial charge >= 0.3 is 0 Å². The Morgan fingerprint density at radius 2 is 1.33 bits per heavy atom. The van der Waals surface area contributed by atoms with Crippen LogP contribution >= 0.6 is 0 Å². The summed E-state index contributed by atoms with van der Waals surface area (Å²) in [6, 6.07) is 0. The molecule has 0 aromatic rings. The van der Waals surface area contributed by atoms with Crippen molar-refractivity contribution in [3.63, 3.8) is 0 Å². The molecule has 9 aliphatic carbocycles. The van der Waals surface area contributed by atoms with E-state index in [9.17, 15) is 0 Å². The van der Waals surface area contributed by atoms with E-state index in [0.29, 0.717) is 0 Å². The van der Waals surface area contributed by atoms with E-state index in [4.69, 9.17) is 0 Å². The molecule has 0 amide bonds. The third-order valence-corrected chi connectivity index (χ3v) is 11.0. The Hall–Kier alpha value is 0. The molecule has 9 bridgehead atoms. The minimum atomic E-state index is 0.841. The molecule has 3 spiro atoms. The summed E-state index contributed by atoms with van der Waals surface area (Å²) in [7, 11) is 0. The van der Waals surface area contributed by atoms with Crippen molar-refractivity contribution in [2.75, 3.05) is 0 Å². The minimum Gasteiger partial charge on any atom is -0.0628 e. The molecule has 9 fully saturated rings. The van der Waals surface area contributed by atoms with Gasteiger partial charge in [-0.3, -0.25) is 0 Å². The van der Waals surface area contributed by atoms with E-state index in [1.54, 1.807) is 64.2 Å². The van der Waals surface area contributed by atoms with Crippen molar-refractivity contribution < 1.29 is 0 Å². The smallest absolute Gasteiger partial charge is 0.0220 e. The molecule has 0 radical (unpaired) electrons. The lowest BCUT2D eigenvalue weighted by Gasteiger charge is -2.84. The van der Waals surface area contributed by atoms with Crippen LogP contribution in [0.25, 0.3) is 0 Å². The predicted molar refractivity (Wildman–Crippen MR) is 97.4 cm³/mol. The maximum Gasteiger partial charge on any atom is -0.0220 e. The van der Waals surface area contributed by atoms with Gasteiger partial charge in [0.2, 0.25) is 0 Å². The van der Waals surface area contributed by atoms with Gasteiger partial charge in [-0.05, 0) is 134 Å². The van der Waals surface area contributed by atoms with Gasteiger partial charge in [0.1, 0.15) is 0 Å². The molecular weight excluding hydrogens is 288 g/mol. The summed E-state index contributed by atoms with van der Waals surface area (Å²) < 4.78 is 0. The highest BCUT2D eigenvalue weighted by atomic mass is 14.8.